The summed E-state index contributed by atoms with van der Waals surface area (Å²) >= 11 is 0. The van der Waals surface area contributed by atoms with Gasteiger partial charge in [0.15, 0.2) is 0 Å². The van der Waals surface area contributed by atoms with Crippen molar-refractivity contribution in [2.75, 3.05) is 52.4 Å². The van der Waals surface area contributed by atoms with Crippen molar-refractivity contribution in [3.8, 4) is 5.75 Å². The Labute approximate surface area is 418 Å². The summed E-state index contributed by atoms with van der Waals surface area (Å²) in [7, 11) is 0. The molecule has 2 saturated heterocycles. The number of hydrogen-bond acceptors (Lipinski definition) is 20. The van der Waals surface area contributed by atoms with Gasteiger partial charge in [0, 0.05) is 107 Å². The Hall–Kier alpha value is -6.42. The molecule has 404 valence electrons. The van der Waals surface area contributed by atoms with E-state index in [1.54, 1.807) is 13.8 Å². The van der Waals surface area contributed by atoms with Crippen molar-refractivity contribution >= 4 is 29.5 Å². The fourth-order valence-electron chi connectivity index (χ4n) is 7.19. The lowest BCUT2D eigenvalue weighted by Gasteiger charge is -2.18. The number of aromatic nitrogens is 4. The van der Waals surface area contributed by atoms with Gasteiger partial charge < -0.3 is 51.9 Å². The minimum Gasteiger partial charge on any atom is -0.459 e. The molecular formula is C46H76N11O15+. The highest BCUT2D eigenvalue weighted by Gasteiger charge is 2.39. The molecule has 5 rings (SSSR count). The van der Waals surface area contributed by atoms with Gasteiger partial charge in [-0.1, -0.05) is 28.7 Å². The summed E-state index contributed by atoms with van der Waals surface area (Å²) in [5, 5.41) is 13.2. The smallest absolute Gasteiger partial charge is 0.459 e. The Bertz CT molecular complexity index is 2420. The molecule has 0 saturated carbocycles. The molecule has 26 heteroatoms. The molecule has 1 amide bonds. The van der Waals surface area contributed by atoms with E-state index in [4.69, 9.17) is 46.6 Å². The lowest BCUT2D eigenvalue weighted by atomic mass is 10.1. The maximum atomic E-state index is 12.3. The van der Waals surface area contributed by atoms with E-state index < -0.39 is 76.1 Å². The maximum absolute atomic E-state index is 12.3. The molecule has 0 aliphatic carbocycles. The van der Waals surface area contributed by atoms with Crippen molar-refractivity contribution in [2.45, 2.75) is 131 Å². The Morgan fingerprint density at radius 2 is 1.14 bits per heavy atom. The van der Waals surface area contributed by atoms with E-state index in [9.17, 15) is 48.5 Å². The third-order valence-corrected chi connectivity index (χ3v) is 10.8. The summed E-state index contributed by atoms with van der Waals surface area (Å²) in [6.07, 6.45) is 0.604. The highest BCUT2D eigenvalue weighted by molar-refractivity contribution is 5.81. The number of non-ortho nitro benzene ring substituents is 1. The third-order valence-electron chi connectivity index (χ3n) is 10.8. The zero-order valence-corrected chi connectivity index (χ0v) is 40.0. The molecule has 2 aliphatic heterocycles. The van der Waals surface area contributed by atoms with Crippen LogP contribution in [-0.4, -0.2) is 130 Å². The van der Waals surface area contributed by atoms with E-state index in [0.717, 1.165) is 19.6 Å². The first-order chi connectivity index (χ1) is 33.4. The van der Waals surface area contributed by atoms with E-state index in [0.29, 0.717) is 56.7 Å². The summed E-state index contributed by atoms with van der Waals surface area (Å²) in [6.45, 7) is 12.3. The predicted molar refractivity (Wildman–Crippen MR) is 267 cm³/mol. The second-order valence-electron chi connectivity index (χ2n) is 16.1. The largest absolute Gasteiger partial charge is 1.00 e. The number of ether oxygens (including phenoxy) is 5. The molecule has 2 aliphatic rings. The van der Waals surface area contributed by atoms with Crippen LogP contribution < -0.4 is 55.5 Å². The molecule has 6 atom stereocenters. The van der Waals surface area contributed by atoms with Crippen molar-refractivity contribution in [3.05, 3.63) is 99.6 Å². The van der Waals surface area contributed by atoms with Gasteiger partial charge in [0.1, 0.15) is 30.4 Å². The molecule has 2 unspecified atom stereocenters. The van der Waals surface area contributed by atoms with Crippen molar-refractivity contribution < 1.29 is 49.2 Å². The van der Waals surface area contributed by atoms with Gasteiger partial charge in [-0.15, -0.1) is 0 Å². The second kappa shape index (κ2) is 32.5. The number of hydrogen-bond donors (Lipinski definition) is 7. The fraction of sp³-hybridized carbons (Fsp3) is 0.609. The van der Waals surface area contributed by atoms with Crippen LogP contribution in [0.25, 0.3) is 0 Å². The summed E-state index contributed by atoms with van der Waals surface area (Å²) < 4.78 is 30.2. The van der Waals surface area contributed by atoms with Crippen molar-refractivity contribution in [3.63, 3.8) is 0 Å². The van der Waals surface area contributed by atoms with Crippen LogP contribution in [-0.2, 0) is 38.1 Å². The number of aromatic amines is 2. The number of amides is 1. The molecule has 26 nitrogen and oxygen atoms in total. The summed E-state index contributed by atoms with van der Waals surface area (Å²) in [4.78, 5) is 112. The van der Waals surface area contributed by atoms with Crippen LogP contribution in [0.4, 0.5) is 5.69 Å². The third kappa shape index (κ3) is 20.4. The van der Waals surface area contributed by atoms with Gasteiger partial charge in [0.05, 0.1) is 36.4 Å². The number of carbonyl (C=O) groups excluding carboxylic acids is 4. The second-order valence-corrected chi connectivity index (χ2v) is 16.1. The molecular weight excluding hydrogens is 947 g/mol. The van der Waals surface area contributed by atoms with Gasteiger partial charge in [-0.25, -0.2) is 9.59 Å². The van der Waals surface area contributed by atoms with E-state index in [2.05, 4.69) is 20.2 Å². The van der Waals surface area contributed by atoms with Gasteiger partial charge in [-0.2, -0.15) is 0 Å². The van der Waals surface area contributed by atoms with Crippen LogP contribution in [0.2, 0.25) is 0 Å². The number of benzene rings is 1. The topological polar surface area (TPSA) is 387 Å². The number of nitrogens with two attached hydrogens (primary N) is 4. The molecule has 0 bridgehead atoms. The van der Waals surface area contributed by atoms with E-state index in [1.807, 2.05) is 13.8 Å². The van der Waals surface area contributed by atoms with E-state index in [-0.39, 0.29) is 78.3 Å². The Kier molecular flexibility index (Phi) is 28.7. The minimum absolute atomic E-state index is 0. The first-order valence-electron chi connectivity index (χ1n) is 23.0. The van der Waals surface area contributed by atoms with E-state index >= 15 is 0 Å². The molecule has 11 N–H and O–H groups in total. The zero-order valence-electron chi connectivity index (χ0n) is 41.0. The quantitative estimate of drug-likeness (QED) is 0.0314. The number of rotatable bonds is 22. The molecule has 1 aromatic carbocycles. The van der Waals surface area contributed by atoms with Crippen LogP contribution in [0.1, 0.15) is 105 Å². The SMILES string of the molecule is C.C.CC[C@H]1O[C@@H](n2cc(C)c(=O)[nH]c2=O)CC1OC(=O)CCC(=O)NCCN.CC[C@H]1O[C@@H](n2cc(C)c(=O)[nH]c2=O)CC1OC(=O)CCC(=O)Oc1ccc([N+](=O)[O-])cc1.NCCN(CCN)CCN.[H+]. The number of nitrogens with zero attached hydrogens (tertiary/aromatic N) is 4. The lowest BCUT2D eigenvalue weighted by molar-refractivity contribution is -0.384. The number of aryl methyl sites for hydroxylation is 2. The highest BCUT2D eigenvalue weighted by Crippen LogP contribution is 2.33. The van der Waals surface area contributed by atoms with E-state index in [1.165, 1.54) is 45.8 Å². The van der Waals surface area contributed by atoms with Crippen LogP contribution in [0.3, 0.4) is 0 Å². The van der Waals surface area contributed by atoms with Crippen LogP contribution in [0.5, 0.6) is 5.75 Å². The number of carbonyl (C=O) groups is 4. The molecule has 3 aromatic rings. The minimum atomic E-state index is -0.706. The van der Waals surface area contributed by atoms with Crippen molar-refractivity contribution in [1.29, 1.82) is 0 Å². The molecule has 4 heterocycles. The first kappa shape index (κ1) is 63.6. The predicted octanol–water partition coefficient (Wildman–Crippen LogP) is 0.607. The number of nitrogens with one attached hydrogen (secondary N) is 3. The standard InChI is InChI=1S/C21H23N3O9.C17H26N4O6.C6H18N4.2CH4/c1-3-15-16(10-17(32-15)23-11-12(2)20(27)22-21(23)28)33-19(26)9-8-18(25)31-14-6-4-13(5-7-14)24(29)30;1-3-11-12(27-15(23)5-4-13(22)19-7-6-18)8-14(26-11)21-9-10(2)16(24)20-17(21)25;7-1-4-10(5-2-8)6-3-9;;/h4-7,11,15-17H,3,8-10H2,1-2H3,(H,22,27,28);9,11-12,14H,3-8,18H2,1-2H3,(H,19,22)(H,20,24,25);1-9H2;2*1H4/p+1/t15-,16?,17-;11-,12?,14-;;;/m11.../s1. The molecule has 72 heavy (non-hydrogen) atoms. The van der Waals surface area contributed by atoms with Crippen molar-refractivity contribution in [2.24, 2.45) is 22.9 Å². The van der Waals surface area contributed by atoms with Gasteiger partial charge >= 0.3 is 30.7 Å². The highest BCUT2D eigenvalue weighted by atomic mass is 16.6. The lowest BCUT2D eigenvalue weighted by Crippen LogP contribution is -2.37. The number of esters is 3. The Morgan fingerprint density at radius 1 is 0.722 bits per heavy atom. The first-order valence-corrected chi connectivity index (χ1v) is 23.0. The average molecular weight is 1020 g/mol. The Balaban J connectivity index is 0.00000117. The molecule has 0 spiro atoms. The number of H-pyrrole nitrogens is 2. The summed E-state index contributed by atoms with van der Waals surface area (Å²) in [5.41, 5.74) is 19.9. The van der Waals surface area contributed by atoms with Crippen LogP contribution >= 0.6 is 0 Å². The van der Waals surface area contributed by atoms with Crippen molar-refractivity contribution in [1.82, 2.24) is 29.3 Å². The maximum Gasteiger partial charge on any atom is 1.00 e. The fourth-order valence-corrected chi connectivity index (χ4v) is 7.19. The number of nitro benzene ring substituents is 1. The Morgan fingerprint density at radius 3 is 1.53 bits per heavy atom. The summed E-state index contributed by atoms with van der Waals surface area (Å²) in [6, 6.07) is 4.98. The zero-order chi connectivity index (χ0) is 51.9. The number of nitro groups is 1. The molecule has 0 radical (unpaired) electrons. The van der Waals surface area contributed by atoms with Crippen LogP contribution in [0.15, 0.2) is 55.8 Å². The average Bonchev–Trinajstić information content (AvgIpc) is 3.93. The van der Waals surface area contributed by atoms with Gasteiger partial charge in [-0.3, -0.25) is 62.9 Å². The van der Waals surface area contributed by atoms with Crippen LogP contribution in [0, 0.1) is 24.0 Å². The van der Waals surface area contributed by atoms with Gasteiger partial charge in [0.2, 0.25) is 5.91 Å². The summed E-state index contributed by atoms with van der Waals surface area (Å²) in [5.74, 6) is -1.97. The molecule has 2 fully saturated rings. The van der Waals surface area contributed by atoms with Gasteiger partial charge in [-0.05, 0) is 38.8 Å². The molecule has 2 aromatic heterocycles. The van der Waals surface area contributed by atoms with Gasteiger partial charge in [0.25, 0.3) is 16.8 Å². The normalized spacial score (nSPS) is 18.7. The monoisotopic (exact) mass is 1020 g/mol.